The van der Waals surface area contributed by atoms with Crippen LogP contribution >= 0.6 is 0 Å². The van der Waals surface area contributed by atoms with Gasteiger partial charge in [0.1, 0.15) is 5.56 Å². The number of aliphatic hydroxyl groups is 1. The first-order chi connectivity index (χ1) is 10.0. The molecule has 0 aromatic carbocycles. The standard InChI is InChI=1S/C15H23N3O3/c1-3-10-11(4-2)17-18-14(20)12(10)13(19)16-9-15(21)7-5-6-8-15/h21H,3-9H2,1-2H3,(H,16,19)(H,18,20). The lowest BCUT2D eigenvalue weighted by Gasteiger charge is -2.22. The molecule has 0 atom stereocenters. The van der Waals surface area contributed by atoms with Gasteiger partial charge in [-0.15, -0.1) is 0 Å². The van der Waals surface area contributed by atoms with E-state index in [9.17, 15) is 14.7 Å². The number of nitrogens with zero attached hydrogens (tertiary/aromatic N) is 1. The normalized spacial score (nSPS) is 16.9. The van der Waals surface area contributed by atoms with Crippen LogP contribution in [0, 0.1) is 0 Å². The zero-order valence-corrected chi connectivity index (χ0v) is 12.7. The van der Waals surface area contributed by atoms with Crippen LogP contribution in [-0.2, 0) is 12.8 Å². The molecule has 1 aromatic rings. The van der Waals surface area contributed by atoms with Gasteiger partial charge in [0, 0.05) is 6.54 Å². The highest BCUT2D eigenvalue weighted by Gasteiger charge is 2.32. The fourth-order valence-electron chi connectivity index (χ4n) is 2.98. The zero-order chi connectivity index (χ0) is 15.5. The number of carbonyl (C=O) groups excluding carboxylic acids is 1. The molecule has 1 aliphatic rings. The van der Waals surface area contributed by atoms with E-state index in [-0.39, 0.29) is 12.1 Å². The van der Waals surface area contributed by atoms with Gasteiger partial charge in [-0.2, -0.15) is 5.10 Å². The molecule has 0 unspecified atom stereocenters. The van der Waals surface area contributed by atoms with Crippen molar-refractivity contribution in [2.75, 3.05) is 6.54 Å². The quantitative estimate of drug-likeness (QED) is 0.752. The second-order valence-corrected chi connectivity index (χ2v) is 5.67. The van der Waals surface area contributed by atoms with Crippen LogP contribution in [0.4, 0.5) is 0 Å². The predicted molar refractivity (Wildman–Crippen MR) is 79.4 cm³/mol. The lowest BCUT2D eigenvalue weighted by molar-refractivity contribution is 0.0449. The first-order valence-electron chi connectivity index (χ1n) is 7.61. The van der Waals surface area contributed by atoms with Gasteiger partial charge in [-0.25, -0.2) is 5.10 Å². The van der Waals surface area contributed by atoms with E-state index < -0.39 is 17.1 Å². The van der Waals surface area contributed by atoms with Gasteiger partial charge in [0.05, 0.1) is 11.3 Å². The van der Waals surface area contributed by atoms with E-state index >= 15 is 0 Å². The molecular weight excluding hydrogens is 270 g/mol. The van der Waals surface area contributed by atoms with E-state index in [0.29, 0.717) is 31.2 Å². The van der Waals surface area contributed by atoms with Crippen molar-refractivity contribution in [3.63, 3.8) is 0 Å². The number of carbonyl (C=O) groups is 1. The maximum absolute atomic E-state index is 12.3. The van der Waals surface area contributed by atoms with Gasteiger partial charge in [-0.3, -0.25) is 9.59 Å². The Morgan fingerprint density at radius 1 is 1.33 bits per heavy atom. The van der Waals surface area contributed by atoms with Crippen molar-refractivity contribution in [1.82, 2.24) is 15.5 Å². The third-order valence-corrected chi connectivity index (χ3v) is 4.20. The molecule has 1 amide bonds. The maximum Gasteiger partial charge on any atom is 0.277 e. The molecule has 0 aliphatic heterocycles. The highest BCUT2D eigenvalue weighted by Crippen LogP contribution is 2.28. The van der Waals surface area contributed by atoms with Crippen molar-refractivity contribution < 1.29 is 9.90 Å². The molecule has 1 aromatic heterocycles. The molecule has 0 spiro atoms. The van der Waals surface area contributed by atoms with E-state index in [2.05, 4.69) is 15.5 Å². The molecule has 21 heavy (non-hydrogen) atoms. The Labute approximate surface area is 124 Å². The summed E-state index contributed by atoms with van der Waals surface area (Å²) < 4.78 is 0. The van der Waals surface area contributed by atoms with Crippen LogP contribution in [0.2, 0.25) is 0 Å². The van der Waals surface area contributed by atoms with Crippen molar-refractivity contribution in [3.8, 4) is 0 Å². The third kappa shape index (κ3) is 3.32. The maximum atomic E-state index is 12.3. The summed E-state index contributed by atoms with van der Waals surface area (Å²) >= 11 is 0. The lowest BCUT2D eigenvalue weighted by Crippen LogP contribution is -2.42. The number of rotatable bonds is 5. The Hall–Kier alpha value is -1.69. The summed E-state index contributed by atoms with van der Waals surface area (Å²) in [5.74, 6) is -0.425. The molecule has 1 saturated carbocycles. The van der Waals surface area contributed by atoms with Crippen LogP contribution in [-0.4, -0.2) is 33.4 Å². The van der Waals surface area contributed by atoms with Crippen LogP contribution in [0.1, 0.15) is 61.1 Å². The Kier molecular flexibility index (Phi) is 4.77. The molecule has 0 radical (unpaired) electrons. The molecule has 1 heterocycles. The molecule has 6 nitrogen and oxygen atoms in total. The number of hydrogen-bond acceptors (Lipinski definition) is 4. The van der Waals surface area contributed by atoms with Gasteiger partial charge in [-0.1, -0.05) is 26.7 Å². The van der Waals surface area contributed by atoms with Gasteiger partial charge in [-0.05, 0) is 31.2 Å². The Bertz CT molecular complexity index is 574. The summed E-state index contributed by atoms with van der Waals surface area (Å²) in [6, 6.07) is 0. The number of H-pyrrole nitrogens is 1. The van der Waals surface area contributed by atoms with Crippen LogP contribution in [0.15, 0.2) is 4.79 Å². The smallest absolute Gasteiger partial charge is 0.277 e. The minimum atomic E-state index is -0.824. The molecule has 0 bridgehead atoms. The minimum absolute atomic E-state index is 0.131. The van der Waals surface area contributed by atoms with Crippen LogP contribution < -0.4 is 10.9 Å². The van der Waals surface area contributed by atoms with Crippen molar-refractivity contribution in [2.45, 2.75) is 58.0 Å². The number of hydrogen-bond donors (Lipinski definition) is 3. The van der Waals surface area contributed by atoms with Crippen LogP contribution in [0.25, 0.3) is 0 Å². The largest absolute Gasteiger partial charge is 0.388 e. The van der Waals surface area contributed by atoms with Crippen molar-refractivity contribution >= 4 is 5.91 Å². The number of nitrogens with one attached hydrogen (secondary N) is 2. The lowest BCUT2D eigenvalue weighted by atomic mass is 10.0. The zero-order valence-electron chi connectivity index (χ0n) is 12.7. The summed E-state index contributed by atoms with van der Waals surface area (Å²) in [4.78, 5) is 24.3. The Morgan fingerprint density at radius 2 is 2.00 bits per heavy atom. The monoisotopic (exact) mass is 293 g/mol. The van der Waals surface area contributed by atoms with Crippen molar-refractivity contribution in [3.05, 3.63) is 27.2 Å². The summed E-state index contributed by atoms with van der Waals surface area (Å²) in [6.07, 6.45) is 4.57. The minimum Gasteiger partial charge on any atom is -0.388 e. The molecular formula is C15H23N3O3. The average molecular weight is 293 g/mol. The van der Waals surface area contributed by atoms with Gasteiger partial charge in [0.25, 0.3) is 11.5 Å². The second kappa shape index (κ2) is 6.39. The topological polar surface area (TPSA) is 95.1 Å². The van der Waals surface area contributed by atoms with Gasteiger partial charge < -0.3 is 10.4 Å². The number of aryl methyl sites for hydroxylation is 1. The first-order valence-corrected chi connectivity index (χ1v) is 7.61. The van der Waals surface area contributed by atoms with Crippen molar-refractivity contribution in [1.29, 1.82) is 0 Å². The highest BCUT2D eigenvalue weighted by molar-refractivity contribution is 5.95. The Balaban J connectivity index is 2.20. The molecule has 116 valence electrons. The fraction of sp³-hybridized carbons (Fsp3) is 0.667. The third-order valence-electron chi connectivity index (χ3n) is 4.20. The van der Waals surface area contributed by atoms with Crippen LogP contribution in [0.5, 0.6) is 0 Å². The van der Waals surface area contributed by atoms with Crippen molar-refractivity contribution in [2.24, 2.45) is 0 Å². The Morgan fingerprint density at radius 3 is 2.57 bits per heavy atom. The summed E-state index contributed by atoms with van der Waals surface area (Å²) in [6.45, 7) is 4.03. The first kappa shape index (κ1) is 15.7. The second-order valence-electron chi connectivity index (χ2n) is 5.67. The number of amides is 1. The number of aromatic amines is 1. The van der Waals surface area contributed by atoms with E-state index in [1.165, 1.54) is 0 Å². The predicted octanol–water partition coefficient (Wildman–Crippen LogP) is 0.930. The molecule has 6 heteroatoms. The van der Waals surface area contributed by atoms with E-state index in [0.717, 1.165) is 18.5 Å². The summed E-state index contributed by atoms with van der Waals surface area (Å²) in [5.41, 5.74) is 0.264. The van der Waals surface area contributed by atoms with Gasteiger partial charge in [0.2, 0.25) is 0 Å². The van der Waals surface area contributed by atoms with Gasteiger partial charge in [0.15, 0.2) is 0 Å². The van der Waals surface area contributed by atoms with E-state index in [4.69, 9.17) is 0 Å². The molecule has 2 rings (SSSR count). The average Bonchev–Trinajstić information content (AvgIpc) is 2.91. The van der Waals surface area contributed by atoms with E-state index in [1.807, 2.05) is 13.8 Å². The van der Waals surface area contributed by atoms with E-state index in [1.54, 1.807) is 0 Å². The van der Waals surface area contributed by atoms with Gasteiger partial charge >= 0.3 is 0 Å². The molecule has 1 fully saturated rings. The highest BCUT2D eigenvalue weighted by atomic mass is 16.3. The molecule has 3 N–H and O–H groups in total. The summed E-state index contributed by atoms with van der Waals surface area (Å²) in [5, 5.41) is 19.4. The SMILES string of the molecule is CCc1n[nH]c(=O)c(C(=O)NCC2(O)CCCC2)c1CC. The molecule has 0 saturated heterocycles. The number of aromatic nitrogens is 2. The molecule has 1 aliphatic carbocycles. The van der Waals surface area contributed by atoms with Crippen LogP contribution in [0.3, 0.4) is 0 Å². The summed E-state index contributed by atoms with van der Waals surface area (Å²) in [7, 11) is 0. The fourth-order valence-corrected chi connectivity index (χ4v) is 2.98.